The highest BCUT2D eigenvalue weighted by molar-refractivity contribution is 7.10. The SMILES string of the molecule is NC(C(=O)N(Cc1ccccc1)Cc1ccccc1)c1cccs1. The standard InChI is InChI=1S/C20H20N2OS/c21-19(18-12-7-13-24-18)20(23)22(14-16-8-3-1-4-9-16)15-17-10-5-2-6-11-17/h1-13,19H,14-15,21H2. The molecule has 3 aromatic rings. The van der Waals surface area contributed by atoms with Gasteiger partial charge in [0.05, 0.1) is 0 Å². The minimum Gasteiger partial charge on any atom is -0.332 e. The van der Waals surface area contributed by atoms with Crippen LogP contribution in [0.2, 0.25) is 0 Å². The highest BCUT2D eigenvalue weighted by Crippen LogP contribution is 2.21. The molecule has 24 heavy (non-hydrogen) atoms. The van der Waals surface area contributed by atoms with Crippen LogP contribution in [0.4, 0.5) is 0 Å². The summed E-state index contributed by atoms with van der Waals surface area (Å²) in [6.45, 7) is 1.10. The van der Waals surface area contributed by atoms with E-state index < -0.39 is 6.04 Å². The van der Waals surface area contributed by atoms with E-state index in [0.717, 1.165) is 16.0 Å². The zero-order chi connectivity index (χ0) is 16.8. The molecule has 0 bridgehead atoms. The molecule has 1 aromatic heterocycles. The van der Waals surface area contributed by atoms with Gasteiger partial charge in [-0.2, -0.15) is 0 Å². The van der Waals surface area contributed by atoms with Crippen molar-refractivity contribution in [1.82, 2.24) is 4.90 Å². The Hall–Kier alpha value is -2.43. The van der Waals surface area contributed by atoms with Crippen LogP contribution in [0.3, 0.4) is 0 Å². The fraction of sp³-hybridized carbons (Fsp3) is 0.150. The first-order valence-corrected chi connectivity index (χ1v) is 8.77. The number of rotatable bonds is 6. The molecule has 1 unspecified atom stereocenters. The molecule has 0 saturated carbocycles. The number of nitrogens with zero attached hydrogens (tertiary/aromatic N) is 1. The number of carbonyl (C=O) groups excluding carboxylic acids is 1. The highest BCUT2D eigenvalue weighted by atomic mass is 32.1. The first-order valence-electron chi connectivity index (χ1n) is 7.89. The van der Waals surface area contributed by atoms with Crippen LogP contribution >= 0.6 is 11.3 Å². The van der Waals surface area contributed by atoms with Gasteiger partial charge in [-0.15, -0.1) is 11.3 Å². The van der Waals surface area contributed by atoms with Crippen molar-refractivity contribution in [3.63, 3.8) is 0 Å². The molecule has 0 aliphatic carbocycles. The lowest BCUT2D eigenvalue weighted by Crippen LogP contribution is -2.37. The number of hydrogen-bond donors (Lipinski definition) is 1. The van der Waals surface area contributed by atoms with Crippen molar-refractivity contribution in [2.45, 2.75) is 19.1 Å². The van der Waals surface area contributed by atoms with Crippen LogP contribution in [0, 0.1) is 0 Å². The van der Waals surface area contributed by atoms with Crippen molar-refractivity contribution in [3.05, 3.63) is 94.2 Å². The van der Waals surface area contributed by atoms with E-state index in [9.17, 15) is 4.79 Å². The molecule has 4 heteroatoms. The molecule has 2 aromatic carbocycles. The van der Waals surface area contributed by atoms with E-state index in [1.807, 2.05) is 83.1 Å². The molecular weight excluding hydrogens is 316 g/mol. The van der Waals surface area contributed by atoms with Crippen LogP contribution < -0.4 is 5.73 Å². The number of amides is 1. The number of nitrogens with two attached hydrogens (primary N) is 1. The minimum atomic E-state index is -0.613. The van der Waals surface area contributed by atoms with E-state index in [1.165, 1.54) is 11.3 Å². The number of thiophene rings is 1. The molecule has 0 aliphatic rings. The molecule has 0 spiro atoms. The van der Waals surface area contributed by atoms with E-state index in [0.29, 0.717) is 13.1 Å². The summed E-state index contributed by atoms with van der Waals surface area (Å²) in [6.07, 6.45) is 0. The lowest BCUT2D eigenvalue weighted by Gasteiger charge is -2.26. The summed E-state index contributed by atoms with van der Waals surface area (Å²) in [5.41, 5.74) is 8.41. The Bertz CT molecular complexity index is 715. The van der Waals surface area contributed by atoms with Crippen molar-refractivity contribution in [2.75, 3.05) is 0 Å². The number of carbonyl (C=O) groups is 1. The van der Waals surface area contributed by atoms with Crippen molar-refractivity contribution in [1.29, 1.82) is 0 Å². The van der Waals surface area contributed by atoms with Gasteiger partial charge in [0.25, 0.3) is 0 Å². The third-order valence-electron chi connectivity index (χ3n) is 3.86. The van der Waals surface area contributed by atoms with Gasteiger partial charge in [-0.25, -0.2) is 0 Å². The Morgan fingerprint density at radius 3 is 1.88 bits per heavy atom. The molecule has 1 heterocycles. The van der Waals surface area contributed by atoms with E-state index in [-0.39, 0.29) is 5.91 Å². The van der Waals surface area contributed by atoms with E-state index >= 15 is 0 Å². The van der Waals surface area contributed by atoms with Crippen LogP contribution in [0.5, 0.6) is 0 Å². The summed E-state index contributed by atoms with van der Waals surface area (Å²) in [5.74, 6) is -0.0508. The van der Waals surface area contributed by atoms with E-state index in [4.69, 9.17) is 5.73 Å². The van der Waals surface area contributed by atoms with Crippen molar-refractivity contribution >= 4 is 17.2 Å². The Morgan fingerprint density at radius 1 is 0.875 bits per heavy atom. The molecule has 0 radical (unpaired) electrons. The predicted octanol–water partition coefficient (Wildman–Crippen LogP) is 3.98. The molecular formula is C20H20N2OS. The van der Waals surface area contributed by atoms with Crippen LogP contribution in [-0.4, -0.2) is 10.8 Å². The van der Waals surface area contributed by atoms with Crippen LogP contribution in [0.1, 0.15) is 22.0 Å². The largest absolute Gasteiger partial charge is 0.332 e. The zero-order valence-electron chi connectivity index (χ0n) is 13.3. The molecule has 3 rings (SSSR count). The monoisotopic (exact) mass is 336 g/mol. The molecule has 0 aliphatic heterocycles. The molecule has 3 nitrogen and oxygen atoms in total. The molecule has 0 fully saturated rings. The summed E-state index contributed by atoms with van der Waals surface area (Å²) in [4.78, 5) is 15.7. The fourth-order valence-electron chi connectivity index (χ4n) is 2.61. The Labute approximate surface area is 146 Å². The molecule has 122 valence electrons. The van der Waals surface area contributed by atoms with Crippen LogP contribution in [0.25, 0.3) is 0 Å². The maximum absolute atomic E-state index is 13.0. The summed E-state index contributed by atoms with van der Waals surface area (Å²) >= 11 is 1.52. The number of benzene rings is 2. The number of hydrogen-bond acceptors (Lipinski definition) is 3. The lowest BCUT2D eigenvalue weighted by molar-refractivity contribution is -0.134. The predicted molar refractivity (Wildman–Crippen MR) is 98.4 cm³/mol. The Kier molecular flexibility index (Phi) is 5.41. The maximum atomic E-state index is 13.0. The second-order valence-corrected chi connectivity index (χ2v) is 6.64. The highest BCUT2D eigenvalue weighted by Gasteiger charge is 2.23. The second kappa shape index (κ2) is 7.90. The molecule has 1 amide bonds. The fourth-order valence-corrected chi connectivity index (χ4v) is 3.32. The molecule has 0 saturated heterocycles. The van der Waals surface area contributed by atoms with Crippen LogP contribution in [0.15, 0.2) is 78.2 Å². The first kappa shape index (κ1) is 16.4. The van der Waals surface area contributed by atoms with Gasteiger partial charge in [-0.05, 0) is 22.6 Å². The van der Waals surface area contributed by atoms with Crippen molar-refractivity contribution in [3.8, 4) is 0 Å². The summed E-state index contributed by atoms with van der Waals surface area (Å²) in [6, 6.07) is 23.2. The second-order valence-electron chi connectivity index (χ2n) is 5.66. The van der Waals surface area contributed by atoms with Gasteiger partial charge in [0.1, 0.15) is 6.04 Å². The zero-order valence-corrected chi connectivity index (χ0v) is 14.2. The van der Waals surface area contributed by atoms with Gasteiger partial charge >= 0.3 is 0 Å². The van der Waals surface area contributed by atoms with E-state index in [1.54, 1.807) is 0 Å². The topological polar surface area (TPSA) is 46.3 Å². The van der Waals surface area contributed by atoms with Gasteiger partial charge < -0.3 is 10.6 Å². The average Bonchev–Trinajstić information content (AvgIpc) is 3.16. The lowest BCUT2D eigenvalue weighted by atomic mass is 10.1. The quantitative estimate of drug-likeness (QED) is 0.740. The van der Waals surface area contributed by atoms with E-state index in [2.05, 4.69) is 0 Å². The maximum Gasteiger partial charge on any atom is 0.245 e. The van der Waals surface area contributed by atoms with Crippen LogP contribution in [-0.2, 0) is 17.9 Å². The molecule has 1 atom stereocenters. The van der Waals surface area contributed by atoms with Gasteiger partial charge in [0.2, 0.25) is 5.91 Å². The van der Waals surface area contributed by atoms with Gasteiger partial charge in [-0.1, -0.05) is 66.7 Å². The Balaban J connectivity index is 1.82. The van der Waals surface area contributed by atoms with Gasteiger partial charge in [0, 0.05) is 18.0 Å². The summed E-state index contributed by atoms with van der Waals surface area (Å²) in [5, 5.41) is 1.95. The van der Waals surface area contributed by atoms with Gasteiger partial charge in [0.15, 0.2) is 0 Å². The smallest absolute Gasteiger partial charge is 0.245 e. The summed E-state index contributed by atoms with van der Waals surface area (Å²) in [7, 11) is 0. The average molecular weight is 336 g/mol. The third-order valence-corrected chi connectivity index (χ3v) is 4.82. The third kappa shape index (κ3) is 4.10. The van der Waals surface area contributed by atoms with Crippen molar-refractivity contribution in [2.24, 2.45) is 5.73 Å². The minimum absolute atomic E-state index is 0.0508. The van der Waals surface area contributed by atoms with Gasteiger partial charge in [-0.3, -0.25) is 4.79 Å². The normalized spacial score (nSPS) is 11.9. The summed E-state index contributed by atoms with van der Waals surface area (Å²) < 4.78 is 0. The first-order chi connectivity index (χ1) is 11.7. The Morgan fingerprint density at radius 2 is 1.42 bits per heavy atom. The van der Waals surface area contributed by atoms with Crippen molar-refractivity contribution < 1.29 is 4.79 Å². The molecule has 2 N–H and O–H groups in total.